The second-order valence-corrected chi connectivity index (χ2v) is 7.31. The van der Waals surface area contributed by atoms with Gasteiger partial charge in [-0.15, -0.1) is 0 Å². The van der Waals surface area contributed by atoms with Crippen molar-refractivity contribution >= 4 is 11.6 Å². The molecule has 0 bridgehead atoms. The first-order valence-corrected chi connectivity index (χ1v) is 9.81. The average Bonchev–Trinajstić information content (AvgIpc) is 3.25. The highest BCUT2D eigenvalue weighted by molar-refractivity contribution is 5.95. The van der Waals surface area contributed by atoms with Gasteiger partial charge in [0.2, 0.25) is 0 Å². The van der Waals surface area contributed by atoms with Gasteiger partial charge in [0.15, 0.2) is 0 Å². The van der Waals surface area contributed by atoms with Crippen molar-refractivity contribution in [2.75, 3.05) is 20.1 Å². The first-order valence-electron chi connectivity index (χ1n) is 9.81. The number of nitro benzene ring substituents is 1. The zero-order chi connectivity index (χ0) is 19.9. The van der Waals surface area contributed by atoms with Crippen LogP contribution in [0.2, 0.25) is 0 Å². The fourth-order valence-corrected chi connectivity index (χ4v) is 3.77. The number of rotatable bonds is 8. The third-order valence-corrected chi connectivity index (χ3v) is 5.39. The van der Waals surface area contributed by atoms with Gasteiger partial charge in [-0.2, -0.15) is 0 Å². The van der Waals surface area contributed by atoms with Crippen molar-refractivity contribution in [3.63, 3.8) is 0 Å². The minimum atomic E-state index is -0.481. The molecular formula is C20H27N5O3. The maximum Gasteiger partial charge on any atom is 0.294 e. The molecular weight excluding hydrogens is 358 g/mol. The van der Waals surface area contributed by atoms with Gasteiger partial charge in [-0.05, 0) is 45.0 Å². The van der Waals surface area contributed by atoms with Crippen molar-refractivity contribution in [2.24, 2.45) is 0 Å². The van der Waals surface area contributed by atoms with Crippen molar-refractivity contribution in [3.8, 4) is 5.69 Å². The lowest BCUT2D eigenvalue weighted by Gasteiger charge is -2.31. The van der Waals surface area contributed by atoms with Crippen LogP contribution in [0.1, 0.15) is 48.9 Å². The van der Waals surface area contributed by atoms with Crippen LogP contribution >= 0.6 is 0 Å². The monoisotopic (exact) mass is 385 g/mol. The molecule has 0 aliphatic heterocycles. The standard InChI is InChI=1S/C20H27N5O3/c1-23(17-6-3-2-4-7-17)12-5-10-22-20(26)16-8-9-18(19(14-16)25(27)28)24-13-11-21-15-24/h8-9,11,13-15,17H,2-7,10,12H2,1H3,(H,22,26). The topological polar surface area (TPSA) is 93.3 Å². The van der Waals surface area contributed by atoms with E-state index in [9.17, 15) is 14.9 Å². The molecule has 1 aliphatic rings. The lowest BCUT2D eigenvalue weighted by molar-refractivity contribution is -0.384. The number of nitrogens with zero attached hydrogens (tertiary/aromatic N) is 4. The van der Waals surface area contributed by atoms with Crippen LogP contribution in [-0.4, -0.2) is 51.5 Å². The fraction of sp³-hybridized carbons (Fsp3) is 0.500. The van der Waals surface area contributed by atoms with Crippen molar-refractivity contribution in [3.05, 3.63) is 52.6 Å². The van der Waals surface area contributed by atoms with Crippen LogP contribution in [0.25, 0.3) is 5.69 Å². The van der Waals surface area contributed by atoms with E-state index in [4.69, 9.17) is 0 Å². The van der Waals surface area contributed by atoms with Crippen molar-refractivity contribution in [2.45, 2.75) is 44.6 Å². The number of hydrogen-bond acceptors (Lipinski definition) is 5. The van der Waals surface area contributed by atoms with Gasteiger partial charge >= 0.3 is 0 Å². The van der Waals surface area contributed by atoms with Crippen LogP contribution in [0, 0.1) is 10.1 Å². The van der Waals surface area contributed by atoms with Crippen LogP contribution in [-0.2, 0) is 0 Å². The summed E-state index contributed by atoms with van der Waals surface area (Å²) in [6.45, 7) is 1.48. The summed E-state index contributed by atoms with van der Waals surface area (Å²) in [4.78, 5) is 29.6. The fourth-order valence-electron chi connectivity index (χ4n) is 3.77. The van der Waals surface area contributed by atoms with Gasteiger partial charge in [0.1, 0.15) is 5.69 Å². The number of imidazole rings is 1. The molecule has 1 N–H and O–H groups in total. The van der Waals surface area contributed by atoms with Crippen LogP contribution in [0.4, 0.5) is 5.69 Å². The maximum absolute atomic E-state index is 12.4. The molecule has 150 valence electrons. The Bertz CT molecular complexity index is 800. The van der Waals surface area contributed by atoms with Gasteiger partial charge in [-0.3, -0.25) is 14.9 Å². The molecule has 8 nitrogen and oxygen atoms in total. The van der Waals surface area contributed by atoms with E-state index in [2.05, 4.69) is 22.2 Å². The van der Waals surface area contributed by atoms with E-state index in [-0.39, 0.29) is 17.2 Å². The normalized spacial score (nSPS) is 14.9. The largest absolute Gasteiger partial charge is 0.352 e. The second-order valence-electron chi connectivity index (χ2n) is 7.31. The second kappa shape index (κ2) is 9.45. The molecule has 28 heavy (non-hydrogen) atoms. The van der Waals surface area contributed by atoms with Crippen LogP contribution in [0.3, 0.4) is 0 Å². The molecule has 0 spiro atoms. The van der Waals surface area contributed by atoms with E-state index < -0.39 is 4.92 Å². The molecule has 0 saturated heterocycles. The number of aromatic nitrogens is 2. The van der Waals surface area contributed by atoms with Crippen LogP contribution in [0.5, 0.6) is 0 Å². The number of nitrogens with one attached hydrogen (secondary N) is 1. The highest BCUT2D eigenvalue weighted by Crippen LogP contribution is 2.24. The van der Waals surface area contributed by atoms with E-state index in [1.807, 2.05) is 0 Å². The predicted octanol–water partition coefficient (Wildman–Crippen LogP) is 3.16. The van der Waals surface area contributed by atoms with Gasteiger partial charge in [0.25, 0.3) is 11.6 Å². The number of carbonyl (C=O) groups is 1. The van der Waals surface area contributed by atoms with Crippen LogP contribution in [0.15, 0.2) is 36.9 Å². The van der Waals surface area contributed by atoms with Gasteiger partial charge in [0, 0.05) is 36.6 Å². The summed E-state index contributed by atoms with van der Waals surface area (Å²) in [7, 11) is 2.15. The maximum atomic E-state index is 12.4. The van der Waals surface area contributed by atoms with E-state index in [1.165, 1.54) is 44.5 Å². The van der Waals surface area contributed by atoms with Crippen molar-refractivity contribution in [1.82, 2.24) is 19.8 Å². The third kappa shape index (κ3) is 4.95. The molecule has 1 saturated carbocycles. The number of amides is 1. The Morgan fingerprint density at radius 2 is 2.14 bits per heavy atom. The Kier molecular flexibility index (Phi) is 6.76. The van der Waals surface area contributed by atoms with Crippen molar-refractivity contribution < 1.29 is 9.72 Å². The molecule has 1 aromatic carbocycles. The Balaban J connectivity index is 1.54. The summed E-state index contributed by atoms with van der Waals surface area (Å²) < 4.78 is 1.56. The van der Waals surface area contributed by atoms with Gasteiger partial charge < -0.3 is 14.8 Å². The minimum Gasteiger partial charge on any atom is -0.352 e. The number of carbonyl (C=O) groups excluding carboxylic acids is 1. The zero-order valence-corrected chi connectivity index (χ0v) is 16.2. The van der Waals surface area contributed by atoms with Crippen molar-refractivity contribution in [1.29, 1.82) is 0 Å². The summed E-state index contributed by atoms with van der Waals surface area (Å²) in [5.74, 6) is -0.291. The number of hydrogen-bond donors (Lipinski definition) is 1. The van der Waals surface area contributed by atoms with Gasteiger partial charge in [-0.1, -0.05) is 19.3 Å². The molecule has 0 radical (unpaired) electrons. The summed E-state index contributed by atoms with van der Waals surface area (Å²) in [5, 5.41) is 14.3. The first-order chi connectivity index (χ1) is 13.6. The summed E-state index contributed by atoms with van der Waals surface area (Å²) in [6.07, 6.45) is 12.0. The molecule has 1 aromatic heterocycles. The SMILES string of the molecule is CN(CCCNC(=O)c1ccc(-n2ccnc2)c([N+](=O)[O-])c1)C1CCCCC1. The smallest absolute Gasteiger partial charge is 0.294 e. The van der Waals surface area contributed by atoms with Gasteiger partial charge in [-0.25, -0.2) is 4.98 Å². The Labute approximate surface area is 164 Å². The van der Waals surface area contributed by atoms with E-state index in [1.54, 1.807) is 29.1 Å². The predicted molar refractivity (Wildman–Crippen MR) is 107 cm³/mol. The quantitative estimate of drug-likeness (QED) is 0.428. The highest BCUT2D eigenvalue weighted by Gasteiger charge is 2.19. The van der Waals surface area contributed by atoms with Gasteiger partial charge in [0.05, 0.1) is 11.3 Å². The highest BCUT2D eigenvalue weighted by atomic mass is 16.6. The Morgan fingerprint density at radius 1 is 1.36 bits per heavy atom. The molecule has 8 heteroatoms. The molecule has 2 aromatic rings. The number of benzene rings is 1. The summed E-state index contributed by atoms with van der Waals surface area (Å²) in [6, 6.07) is 5.15. The van der Waals surface area contributed by atoms with E-state index in [0.29, 0.717) is 18.3 Å². The lowest BCUT2D eigenvalue weighted by Crippen LogP contribution is -2.35. The summed E-state index contributed by atoms with van der Waals surface area (Å²) >= 11 is 0. The Hall–Kier alpha value is -2.74. The molecule has 0 unspecified atom stereocenters. The number of nitro groups is 1. The molecule has 1 fully saturated rings. The van der Waals surface area contributed by atoms with E-state index >= 15 is 0 Å². The first kappa shape index (κ1) is 20.0. The minimum absolute atomic E-state index is 0.123. The average molecular weight is 385 g/mol. The summed E-state index contributed by atoms with van der Waals surface area (Å²) in [5.41, 5.74) is 0.548. The lowest BCUT2D eigenvalue weighted by atomic mass is 9.94. The molecule has 1 heterocycles. The molecule has 0 atom stereocenters. The van der Waals surface area contributed by atoms with E-state index in [0.717, 1.165) is 13.0 Å². The van der Waals surface area contributed by atoms with Crippen LogP contribution < -0.4 is 5.32 Å². The molecule has 3 rings (SSSR count). The molecule has 1 amide bonds. The Morgan fingerprint density at radius 3 is 2.82 bits per heavy atom. The zero-order valence-electron chi connectivity index (χ0n) is 16.2. The molecule has 1 aliphatic carbocycles. The third-order valence-electron chi connectivity index (χ3n) is 5.39.